The molecule has 0 spiro atoms. The van der Waals surface area contributed by atoms with Gasteiger partial charge in [-0.25, -0.2) is 13.9 Å². The molecule has 2 N–H and O–H groups in total. The predicted molar refractivity (Wildman–Crippen MR) is 80.8 cm³/mol. The second kappa shape index (κ2) is 5.10. The van der Waals surface area contributed by atoms with Crippen molar-refractivity contribution >= 4 is 22.9 Å². The fourth-order valence-electron chi connectivity index (χ4n) is 2.17. The molecular formula is C14H11FN4OS. The van der Waals surface area contributed by atoms with Crippen LogP contribution in [0.1, 0.15) is 11.1 Å². The Morgan fingerprint density at radius 3 is 2.86 bits per heavy atom. The quantitative estimate of drug-likeness (QED) is 0.741. The molecule has 21 heavy (non-hydrogen) atoms. The summed E-state index contributed by atoms with van der Waals surface area (Å²) in [5.41, 5.74) is 6.91. The van der Waals surface area contributed by atoms with Crippen molar-refractivity contribution in [2.45, 2.75) is 6.54 Å². The minimum atomic E-state index is -0.415. The summed E-state index contributed by atoms with van der Waals surface area (Å²) < 4.78 is 16.1. The zero-order chi connectivity index (χ0) is 15.0. The number of pyridine rings is 1. The topological polar surface area (TPSA) is 65.3 Å². The summed E-state index contributed by atoms with van der Waals surface area (Å²) in [6.07, 6.45) is 1.63. The van der Waals surface area contributed by atoms with Crippen molar-refractivity contribution in [1.82, 2.24) is 14.2 Å². The molecule has 106 valence electrons. The molecule has 3 rings (SSSR count). The van der Waals surface area contributed by atoms with E-state index in [-0.39, 0.29) is 17.2 Å². The summed E-state index contributed by atoms with van der Waals surface area (Å²) in [6.45, 7) is 0.102. The molecule has 5 nitrogen and oxygen atoms in total. The summed E-state index contributed by atoms with van der Waals surface area (Å²) in [5, 5.41) is 4.20. The van der Waals surface area contributed by atoms with Crippen LogP contribution in [0.5, 0.6) is 0 Å². The summed E-state index contributed by atoms with van der Waals surface area (Å²) in [4.78, 5) is 12.4. The number of halogens is 1. The monoisotopic (exact) mass is 302 g/mol. The van der Waals surface area contributed by atoms with Gasteiger partial charge in [-0.15, -0.1) is 5.10 Å². The number of aromatic nitrogens is 3. The van der Waals surface area contributed by atoms with Crippen LogP contribution >= 0.6 is 12.2 Å². The number of benzene rings is 1. The average Bonchev–Trinajstić information content (AvgIpc) is 2.76. The van der Waals surface area contributed by atoms with Gasteiger partial charge in [0.25, 0.3) is 0 Å². The standard InChI is InChI=1S/C14H11FN4OS/c15-10-4-5-11(13(16)21)9(7-10)8-19-14(20)18-6-2-1-3-12(18)17-19/h1-7H,8H2,(H2,16,21). The van der Waals surface area contributed by atoms with Gasteiger partial charge < -0.3 is 5.73 Å². The molecule has 0 amide bonds. The number of thiocarbonyl (C=S) groups is 1. The van der Waals surface area contributed by atoms with Crippen LogP contribution in [-0.4, -0.2) is 19.2 Å². The third-order valence-electron chi connectivity index (χ3n) is 3.14. The van der Waals surface area contributed by atoms with Gasteiger partial charge in [0.1, 0.15) is 10.8 Å². The van der Waals surface area contributed by atoms with Crippen LogP contribution in [0.2, 0.25) is 0 Å². The molecule has 3 aromatic rings. The Morgan fingerprint density at radius 1 is 1.33 bits per heavy atom. The van der Waals surface area contributed by atoms with E-state index in [0.29, 0.717) is 16.8 Å². The molecule has 0 aliphatic rings. The highest BCUT2D eigenvalue weighted by Gasteiger charge is 2.11. The lowest BCUT2D eigenvalue weighted by atomic mass is 10.1. The van der Waals surface area contributed by atoms with Crippen molar-refractivity contribution in [3.63, 3.8) is 0 Å². The normalized spacial score (nSPS) is 10.9. The van der Waals surface area contributed by atoms with Gasteiger partial charge in [-0.2, -0.15) is 0 Å². The second-order valence-corrected chi connectivity index (χ2v) is 4.97. The Labute approximate surface area is 124 Å². The van der Waals surface area contributed by atoms with E-state index < -0.39 is 5.82 Å². The van der Waals surface area contributed by atoms with E-state index in [1.54, 1.807) is 24.4 Å². The summed E-state index contributed by atoms with van der Waals surface area (Å²) in [6, 6.07) is 9.35. The van der Waals surface area contributed by atoms with Crippen LogP contribution in [-0.2, 0) is 6.54 Å². The minimum Gasteiger partial charge on any atom is -0.389 e. The van der Waals surface area contributed by atoms with Crippen LogP contribution in [0.25, 0.3) is 5.65 Å². The molecule has 0 fully saturated rings. The molecule has 0 radical (unpaired) electrons. The van der Waals surface area contributed by atoms with Crippen molar-refractivity contribution in [3.8, 4) is 0 Å². The second-order valence-electron chi connectivity index (χ2n) is 4.53. The van der Waals surface area contributed by atoms with Crippen molar-refractivity contribution in [1.29, 1.82) is 0 Å². The lowest BCUT2D eigenvalue weighted by Gasteiger charge is -2.07. The Kier molecular flexibility index (Phi) is 3.26. The number of hydrogen-bond donors (Lipinski definition) is 1. The highest BCUT2D eigenvalue weighted by Crippen LogP contribution is 2.12. The van der Waals surface area contributed by atoms with Crippen LogP contribution in [0.3, 0.4) is 0 Å². The van der Waals surface area contributed by atoms with Crippen LogP contribution in [0.15, 0.2) is 47.4 Å². The van der Waals surface area contributed by atoms with Crippen LogP contribution in [0.4, 0.5) is 4.39 Å². The molecule has 0 aliphatic carbocycles. The van der Waals surface area contributed by atoms with E-state index >= 15 is 0 Å². The number of fused-ring (bicyclic) bond motifs is 1. The van der Waals surface area contributed by atoms with Gasteiger partial charge in [0.05, 0.1) is 6.54 Å². The first-order valence-electron chi connectivity index (χ1n) is 6.19. The number of nitrogens with zero attached hydrogens (tertiary/aromatic N) is 3. The van der Waals surface area contributed by atoms with Crippen LogP contribution < -0.4 is 11.4 Å². The van der Waals surface area contributed by atoms with Crippen molar-refractivity contribution in [2.75, 3.05) is 0 Å². The van der Waals surface area contributed by atoms with E-state index in [4.69, 9.17) is 18.0 Å². The number of hydrogen-bond acceptors (Lipinski definition) is 3. The fourth-order valence-corrected chi connectivity index (χ4v) is 2.37. The average molecular weight is 302 g/mol. The molecule has 0 saturated carbocycles. The summed E-state index contributed by atoms with van der Waals surface area (Å²) in [7, 11) is 0. The summed E-state index contributed by atoms with van der Waals surface area (Å²) >= 11 is 4.95. The Bertz CT molecular complexity index is 899. The molecule has 0 unspecified atom stereocenters. The molecule has 7 heteroatoms. The SMILES string of the molecule is NC(=S)c1ccc(F)cc1Cn1nc2ccccn2c1=O. The summed E-state index contributed by atoms with van der Waals surface area (Å²) in [5.74, 6) is -0.415. The van der Waals surface area contributed by atoms with Gasteiger partial charge in [-0.05, 0) is 35.9 Å². The smallest absolute Gasteiger partial charge is 0.350 e. The lowest BCUT2D eigenvalue weighted by Crippen LogP contribution is -2.23. The zero-order valence-corrected chi connectivity index (χ0v) is 11.7. The zero-order valence-electron chi connectivity index (χ0n) is 10.9. The van der Waals surface area contributed by atoms with Gasteiger partial charge >= 0.3 is 5.69 Å². The fraction of sp³-hybridized carbons (Fsp3) is 0.0714. The first-order chi connectivity index (χ1) is 10.1. The maximum absolute atomic E-state index is 13.4. The van der Waals surface area contributed by atoms with E-state index in [9.17, 15) is 9.18 Å². The van der Waals surface area contributed by atoms with Gasteiger partial charge in [0.2, 0.25) is 0 Å². The van der Waals surface area contributed by atoms with Gasteiger partial charge in [-0.1, -0.05) is 18.3 Å². The Morgan fingerprint density at radius 2 is 2.14 bits per heavy atom. The van der Waals surface area contributed by atoms with Gasteiger partial charge in [0, 0.05) is 11.8 Å². The molecule has 0 saturated heterocycles. The molecule has 2 heterocycles. The largest absolute Gasteiger partial charge is 0.389 e. The lowest BCUT2D eigenvalue weighted by molar-refractivity contribution is 0.615. The maximum Gasteiger partial charge on any atom is 0.350 e. The Balaban J connectivity index is 2.10. The van der Waals surface area contributed by atoms with E-state index in [1.807, 2.05) is 0 Å². The van der Waals surface area contributed by atoms with Crippen molar-refractivity contribution in [3.05, 3.63) is 70.0 Å². The molecule has 0 bridgehead atoms. The highest BCUT2D eigenvalue weighted by molar-refractivity contribution is 7.80. The molecule has 0 atom stereocenters. The van der Waals surface area contributed by atoms with E-state index in [0.717, 1.165) is 0 Å². The highest BCUT2D eigenvalue weighted by atomic mass is 32.1. The third kappa shape index (κ3) is 2.43. The van der Waals surface area contributed by atoms with Gasteiger partial charge in [-0.3, -0.25) is 4.40 Å². The van der Waals surface area contributed by atoms with Crippen LogP contribution in [0, 0.1) is 5.82 Å². The van der Waals surface area contributed by atoms with E-state index in [1.165, 1.54) is 27.3 Å². The predicted octanol–water partition coefficient (Wildman–Crippen LogP) is 1.32. The van der Waals surface area contributed by atoms with Crippen molar-refractivity contribution in [2.24, 2.45) is 5.73 Å². The maximum atomic E-state index is 13.4. The first kappa shape index (κ1) is 13.4. The molecule has 0 aliphatic heterocycles. The van der Waals surface area contributed by atoms with E-state index in [2.05, 4.69) is 5.10 Å². The number of nitrogens with two attached hydrogens (primary N) is 1. The minimum absolute atomic E-state index is 0.102. The molecule has 1 aromatic carbocycles. The van der Waals surface area contributed by atoms with Gasteiger partial charge in [0.15, 0.2) is 5.65 Å². The third-order valence-corrected chi connectivity index (χ3v) is 3.36. The Hall–Kier alpha value is -2.54. The first-order valence-corrected chi connectivity index (χ1v) is 6.59. The number of rotatable bonds is 3. The molecule has 2 aromatic heterocycles. The molecular weight excluding hydrogens is 291 g/mol. The van der Waals surface area contributed by atoms with Crippen molar-refractivity contribution < 1.29 is 4.39 Å².